The molecule has 3 rings (SSSR count). The summed E-state index contributed by atoms with van der Waals surface area (Å²) in [7, 11) is 1.39. The van der Waals surface area contributed by atoms with Crippen LogP contribution >= 0.6 is 0 Å². The van der Waals surface area contributed by atoms with E-state index in [9.17, 15) is 22.9 Å². The fraction of sp³-hybridized carbons (Fsp3) is 0.320. The molecule has 1 N–H and O–H groups in total. The van der Waals surface area contributed by atoms with Crippen LogP contribution in [0.4, 0.5) is 23.2 Å². The van der Waals surface area contributed by atoms with Crippen molar-refractivity contribution in [3.63, 3.8) is 0 Å². The Morgan fingerprint density at radius 1 is 1.16 bits per heavy atom. The standard InChI is InChI=1S/C25H24F4N4O4/c1-12-6-7-19(32-20(12)11-31-35)16-9-21(37-15(4)25(27,28)29)17(8-18(16)26)23(34)33-22-13(2)10-30-24(36-5)14(22)3/h6-10,15H,11H2,1-5H3,(H,30,33,34)/t15-/m0/s1. The molecule has 0 aliphatic carbocycles. The summed E-state index contributed by atoms with van der Waals surface area (Å²) >= 11 is 0. The first kappa shape index (κ1) is 27.5. The zero-order valence-electron chi connectivity index (χ0n) is 20.7. The van der Waals surface area contributed by atoms with Crippen LogP contribution in [0.2, 0.25) is 0 Å². The molecule has 37 heavy (non-hydrogen) atoms. The van der Waals surface area contributed by atoms with Gasteiger partial charge in [0.15, 0.2) is 6.10 Å². The van der Waals surface area contributed by atoms with Crippen molar-refractivity contribution in [3.05, 3.63) is 69.1 Å². The van der Waals surface area contributed by atoms with Gasteiger partial charge in [-0.1, -0.05) is 11.2 Å². The molecule has 3 aromatic rings. The van der Waals surface area contributed by atoms with Gasteiger partial charge in [0, 0.05) is 17.3 Å². The lowest BCUT2D eigenvalue weighted by atomic mass is 10.0. The number of carbonyl (C=O) groups excluding carboxylic acids is 1. The van der Waals surface area contributed by atoms with E-state index in [1.165, 1.54) is 19.4 Å². The summed E-state index contributed by atoms with van der Waals surface area (Å²) in [6.07, 6.45) is -5.61. The highest BCUT2D eigenvalue weighted by atomic mass is 19.4. The van der Waals surface area contributed by atoms with Gasteiger partial charge >= 0.3 is 6.18 Å². The van der Waals surface area contributed by atoms with Crippen molar-refractivity contribution in [1.82, 2.24) is 9.97 Å². The number of ether oxygens (including phenoxy) is 2. The molecule has 0 saturated carbocycles. The zero-order valence-corrected chi connectivity index (χ0v) is 20.7. The number of rotatable bonds is 8. The van der Waals surface area contributed by atoms with Gasteiger partial charge in [-0.05, 0) is 57.0 Å². The molecule has 8 nitrogen and oxygen atoms in total. The molecule has 0 aliphatic rings. The summed E-state index contributed by atoms with van der Waals surface area (Å²) < 4.78 is 65.5. The molecule has 2 heterocycles. The van der Waals surface area contributed by atoms with Gasteiger partial charge in [-0.25, -0.2) is 9.37 Å². The second kappa shape index (κ2) is 10.9. The van der Waals surface area contributed by atoms with Gasteiger partial charge < -0.3 is 14.8 Å². The minimum atomic E-state index is -4.75. The Morgan fingerprint density at radius 3 is 2.49 bits per heavy atom. The topological polar surface area (TPSA) is 103 Å². The third-order valence-corrected chi connectivity index (χ3v) is 5.67. The summed E-state index contributed by atoms with van der Waals surface area (Å²) in [4.78, 5) is 32.2. The first-order valence-corrected chi connectivity index (χ1v) is 11.0. The molecule has 0 unspecified atom stereocenters. The quantitative estimate of drug-likeness (QED) is 0.286. The average Bonchev–Trinajstić information content (AvgIpc) is 2.83. The van der Waals surface area contributed by atoms with Gasteiger partial charge in [-0.3, -0.25) is 9.78 Å². The molecule has 2 aromatic heterocycles. The largest absolute Gasteiger partial charge is 0.481 e. The number of nitrogens with one attached hydrogen (secondary N) is 1. The highest BCUT2D eigenvalue weighted by Crippen LogP contribution is 2.35. The Bertz CT molecular complexity index is 1350. The number of pyridine rings is 2. The van der Waals surface area contributed by atoms with E-state index in [0.717, 1.165) is 19.1 Å². The van der Waals surface area contributed by atoms with Gasteiger partial charge in [-0.15, -0.1) is 0 Å². The molecular weight excluding hydrogens is 496 g/mol. The van der Waals surface area contributed by atoms with Gasteiger partial charge in [0.25, 0.3) is 5.91 Å². The number of hydrogen-bond acceptors (Lipinski definition) is 7. The SMILES string of the molecule is COc1ncc(C)c(NC(=O)c2cc(F)c(-c3ccc(C)c(CN=O)n3)cc2O[C@@H](C)C(F)(F)F)c1C. The number of benzene rings is 1. The first-order valence-electron chi connectivity index (χ1n) is 11.0. The van der Waals surface area contributed by atoms with Crippen LogP contribution in [0.15, 0.2) is 35.6 Å². The molecule has 12 heteroatoms. The van der Waals surface area contributed by atoms with Crippen LogP contribution < -0.4 is 14.8 Å². The van der Waals surface area contributed by atoms with Crippen molar-refractivity contribution < 1.29 is 31.8 Å². The average molecular weight is 520 g/mol. The maximum atomic E-state index is 15.3. The smallest absolute Gasteiger partial charge is 0.425 e. The summed E-state index contributed by atoms with van der Waals surface area (Å²) in [5, 5.41) is 5.38. The number of hydrogen-bond donors (Lipinski definition) is 1. The van der Waals surface area contributed by atoms with E-state index >= 15 is 4.39 Å². The normalized spacial score (nSPS) is 12.1. The number of aryl methyl sites for hydroxylation is 2. The maximum Gasteiger partial charge on any atom is 0.425 e. The summed E-state index contributed by atoms with van der Waals surface area (Å²) in [5.41, 5.74) is 1.58. The van der Waals surface area contributed by atoms with Crippen LogP contribution in [-0.2, 0) is 6.54 Å². The third kappa shape index (κ3) is 6.01. The molecule has 196 valence electrons. The lowest BCUT2D eigenvalue weighted by Gasteiger charge is -2.21. The summed E-state index contributed by atoms with van der Waals surface area (Å²) in [6, 6.07) is 4.78. The number of carbonyl (C=O) groups is 1. The molecule has 0 aliphatic heterocycles. The van der Waals surface area contributed by atoms with E-state index in [2.05, 4.69) is 20.5 Å². The molecule has 0 saturated heterocycles. The highest BCUT2D eigenvalue weighted by molar-refractivity contribution is 6.07. The third-order valence-electron chi connectivity index (χ3n) is 5.67. The summed E-state index contributed by atoms with van der Waals surface area (Å²) in [5.74, 6) is -2.11. The minimum absolute atomic E-state index is 0.0313. The Morgan fingerprint density at radius 2 is 1.86 bits per heavy atom. The molecule has 0 bridgehead atoms. The molecule has 0 fully saturated rings. The minimum Gasteiger partial charge on any atom is -0.481 e. The Kier molecular flexibility index (Phi) is 8.09. The van der Waals surface area contributed by atoms with Crippen LogP contribution in [0.1, 0.15) is 39.7 Å². The van der Waals surface area contributed by atoms with Crippen LogP contribution in [0.5, 0.6) is 11.6 Å². The van der Waals surface area contributed by atoms with E-state index in [-0.39, 0.29) is 29.4 Å². The first-order chi connectivity index (χ1) is 17.4. The fourth-order valence-corrected chi connectivity index (χ4v) is 3.52. The molecule has 0 radical (unpaired) electrons. The van der Waals surface area contributed by atoms with E-state index < -0.39 is 35.3 Å². The second-order valence-electron chi connectivity index (χ2n) is 8.28. The van der Waals surface area contributed by atoms with Crippen LogP contribution in [0.25, 0.3) is 11.3 Å². The van der Waals surface area contributed by atoms with Crippen molar-refractivity contribution in [2.45, 2.75) is 46.5 Å². The number of aromatic nitrogens is 2. The molecule has 1 amide bonds. The van der Waals surface area contributed by atoms with Crippen LogP contribution in [0.3, 0.4) is 0 Å². The van der Waals surface area contributed by atoms with Gasteiger partial charge in [0.05, 0.1) is 29.7 Å². The summed E-state index contributed by atoms with van der Waals surface area (Å²) in [6.45, 7) is 5.47. The lowest BCUT2D eigenvalue weighted by Crippen LogP contribution is -2.32. The Balaban J connectivity index is 2.13. The number of halogens is 4. The van der Waals surface area contributed by atoms with Crippen molar-refractivity contribution >= 4 is 11.6 Å². The van der Waals surface area contributed by atoms with Crippen LogP contribution in [0, 0.1) is 31.5 Å². The van der Waals surface area contributed by atoms with E-state index in [4.69, 9.17) is 9.47 Å². The lowest BCUT2D eigenvalue weighted by molar-refractivity contribution is -0.189. The van der Waals surface area contributed by atoms with E-state index in [1.54, 1.807) is 26.8 Å². The number of amides is 1. The molecule has 0 spiro atoms. The number of methoxy groups -OCH3 is 1. The zero-order chi connectivity index (χ0) is 27.5. The predicted octanol–water partition coefficient (Wildman–Crippen LogP) is 6.06. The van der Waals surface area contributed by atoms with Gasteiger partial charge in [-0.2, -0.15) is 18.1 Å². The Labute approximate surface area is 210 Å². The fourth-order valence-electron chi connectivity index (χ4n) is 3.52. The molecular formula is C25H24F4N4O4. The monoisotopic (exact) mass is 520 g/mol. The second-order valence-corrected chi connectivity index (χ2v) is 8.28. The number of alkyl halides is 3. The van der Waals surface area contributed by atoms with Crippen molar-refractivity contribution in [2.75, 3.05) is 12.4 Å². The van der Waals surface area contributed by atoms with Crippen molar-refractivity contribution in [3.8, 4) is 22.9 Å². The number of nitrogens with zero attached hydrogens (tertiary/aromatic N) is 3. The van der Waals surface area contributed by atoms with E-state index in [1.807, 2.05) is 0 Å². The van der Waals surface area contributed by atoms with Gasteiger partial charge in [0.2, 0.25) is 5.88 Å². The van der Waals surface area contributed by atoms with Crippen molar-refractivity contribution in [1.29, 1.82) is 0 Å². The van der Waals surface area contributed by atoms with E-state index in [0.29, 0.717) is 22.4 Å². The predicted molar refractivity (Wildman–Crippen MR) is 128 cm³/mol. The van der Waals surface area contributed by atoms with Crippen LogP contribution in [-0.4, -0.2) is 35.3 Å². The molecule has 1 atom stereocenters. The number of anilines is 1. The molecule has 1 aromatic carbocycles. The highest BCUT2D eigenvalue weighted by Gasteiger charge is 2.39. The number of nitroso groups, excluding NO2 is 1. The maximum absolute atomic E-state index is 15.3. The van der Waals surface area contributed by atoms with Gasteiger partial charge in [0.1, 0.15) is 18.1 Å². The Hall–Kier alpha value is -4.09. The van der Waals surface area contributed by atoms with Crippen molar-refractivity contribution in [2.24, 2.45) is 5.18 Å².